The largest absolute Gasteiger partial charge is 0.504 e. The molecule has 11 nitrogen and oxygen atoms in total. The maximum absolute atomic E-state index is 13.4. The van der Waals surface area contributed by atoms with E-state index in [1.807, 2.05) is 42.5 Å². The SMILES string of the molecule is COc1c(O)c(CN2CCN(C(c3ccccc3)c3ccc(Cl)cc3)CC2)c2c(c1O)[C@@H]1O[C@H](CO)[C@@H](O)[C@H](O)[C@H]1OC2=O. The number of fused-ring (bicyclic) bond motifs is 3. The summed E-state index contributed by atoms with van der Waals surface area (Å²) in [4.78, 5) is 17.8. The van der Waals surface area contributed by atoms with E-state index in [0.717, 1.165) is 11.1 Å². The summed E-state index contributed by atoms with van der Waals surface area (Å²) in [6, 6.07) is 18.0. The van der Waals surface area contributed by atoms with E-state index in [9.17, 15) is 30.3 Å². The number of esters is 1. The van der Waals surface area contributed by atoms with Gasteiger partial charge < -0.3 is 39.7 Å². The average Bonchev–Trinajstić information content (AvgIpc) is 3.03. The van der Waals surface area contributed by atoms with E-state index in [2.05, 4.69) is 21.9 Å². The Hall–Kier alpha value is -3.42. The van der Waals surface area contributed by atoms with E-state index in [-0.39, 0.29) is 35.0 Å². The van der Waals surface area contributed by atoms with Crippen molar-refractivity contribution in [3.8, 4) is 17.2 Å². The van der Waals surface area contributed by atoms with Crippen LogP contribution in [0.3, 0.4) is 0 Å². The standard InChI is InChI=1S/C32H35ClN2O9/c1-42-30-25(37)20(22-23(27(30)39)29-31(44-32(22)41)28(40)26(38)21(16-36)43-29)15-34-11-13-35(14-12-34)24(17-5-3-2-4-6-17)18-7-9-19(33)10-8-18/h2-10,21,24,26,28-29,31,36-40H,11-16H2,1H3/t21-,24?,26-,28+,29+,31-/m1/s1. The number of benzene rings is 3. The molecule has 3 aromatic rings. The molecule has 12 heteroatoms. The van der Waals surface area contributed by atoms with E-state index in [1.165, 1.54) is 7.11 Å². The minimum absolute atomic E-state index is 0.00200. The Balaban J connectivity index is 1.29. The molecule has 0 radical (unpaired) electrons. The molecule has 2 saturated heterocycles. The van der Waals surface area contributed by atoms with Crippen LogP contribution >= 0.6 is 11.6 Å². The highest BCUT2D eigenvalue weighted by Crippen LogP contribution is 2.52. The third-order valence-electron chi connectivity index (χ3n) is 8.80. The van der Waals surface area contributed by atoms with Crippen molar-refractivity contribution in [1.82, 2.24) is 9.80 Å². The van der Waals surface area contributed by atoms with Crippen molar-refractivity contribution in [2.45, 2.75) is 43.1 Å². The van der Waals surface area contributed by atoms with Crippen molar-refractivity contribution in [2.75, 3.05) is 39.9 Å². The van der Waals surface area contributed by atoms with Gasteiger partial charge in [0.25, 0.3) is 0 Å². The van der Waals surface area contributed by atoms with Crippen molar-refractivity contribution < 1.29 is 44.5 Å². The van der Waals surface area contributed by atoms with Crippen molar-refractivity contribution in [2.24, 2.45) is 0 Å². The van der Waals surface area contributed by atoms with Gasteiger partial charge in [0.1, 0.15) is 24.4 Å². The van der Waals surface area contributed by atoms with Crippen LogP contribution in [0.2, 0.25) is 5.02 Å². The topological polar surface area (TPSA) is 152 Å². The summed E-state index contributed by atoms with van der Waals surface area (Å²) in [6.07, 6.45) is -6.83. The molecule has 1 unspecified atom stereocenters. The number of nitrogens with zero attached hydrogens (tertiary/aromatic N) is 2. The first kappa shape index (κ1) is 30.6. The fraction of sp³-hybridized carbons (Fsp3) is 0.406. The highest BCUT2D eigenvalue weighted by atomic mass is 35.5. The van der Waals surface area contributed by atoms with Crippen LogP contribution in [0.5, 0.6) is 17.2 Å². The first-order valence-corrected chi connectivity index (χ1v) is 14.9. The zero-order valence-electron chi connectivity index (χ0n) is 24.0. The van der Waals surface area contributed by atoms with Gasteiger partial charge in [0, 0.05) is 48.9 Å². The molecule has 6 atom stereocenters. The first-order chi connectivity index (χ1) is 21.2. The molecule has 6 rings (SSSR count). The minimum Gasteiger partial charge on any atom is -0.504 e. The number of carbonyl (C=O) groups excluding carboxylic acids is 1. The second-order valence-electron chi connectivity index (χ2n) is 11.3. The molecule has 3 aliphatic rings. The van der Waals surface area contributed by atoms with E-state index >= 15 is 0 Å². The van der Waals surface area contributed by atoms with Crippen LogP contribution in [-0.4, -0.2) is 106 Å². The Kier molecular flexibility index (Phi) is 8.71. The van der Waals surface area contributed by atoms with Crippen LogP contribution < -0.4 is 4.74 Å². The molecular weight excluding hydrogens is 592 g/mol. The summed E-state index contributed by atoms with van der Waals surface area (Å²) in [7, 11) is 1.28. The number of aromatic hydroxyl groups is 2. The van der Waals surface area contributed by atoms with Crippen LogP contribution in [0, 0.1) is 0 Å². The van der Waals surface area contributed by atoms with E-state index < -0.39 is 54.6 Å². The third kappa shape index (κ3) is 5.39. The maximum Gasteiger partial charge on any atom is 0.339 e. The van der Waals surface area contributed by atoms with Gasteiger partial charge in [-0.2, -0.15) is 0 Å². The lowest BCUT2D eigenvalue weighted by atomic mass is 9.84. The molecule has 44 heavy (non-hydrogen) atoms. The molecule has 3 aromatic carbocycles. The number of ether oxygens (including phenoxy) is 3. The summed E-state index contributed by atoms with van der Waals surface area (Å²) in [5, 5.41) is 53.7. The van der Waals surface area contributed by atoms with E-state index in [4.69, 9.17) is 25.8 Å². The molecule has 234 valence electrons. The molecule has 0 amide bonds. The van der Waals surface area contributed by atoms with Crippen LogP contribution in [-0.2, 0) is 16.0 Å². The molecule has 0 saturated carbocycles. The summed E-state index contributed by atoms with van der Waals surface area (Å²) >= 11 is 6.17. The number of hydrogen-bond donors (Lipinski definition) is 5. The second kappa shape index (κ2) is 12.5. The summed E-state index contributed by atoms with van der Waals surface area (Å²) < 4.78 is 16.7. The van der Waals surface area contributed by atoms with Crippen LogP contribution in [0.4, 0.5) is 0 Å². The van der Waals surface area contributed by atoms with Crippen LogP contribution in [0.1, 0.15) is 44.8 Å². The molecule has 3 heterocycles. The van der Waals surface area contributed by atoms with Crippen molar-refractivity contribution in [1.29, 1.82) is 0 Å². The number of phenols is 2. The zero-order valence-corrected chi connectivity index (χ0v) is 24.8. The first-order valence-electron chi connectivity index (χ1n) is 14.5. The number of aliphatic hydroxyl groups excluding tert-OH is 3. The summed E-state index contributed by atoms with van der Waals surface area (Å²) in [5.74, 6) is -2.07. The number of carbonyl (C=O) groups is 1. The molecular formula is C32H35ClN2O9. The van der Waals surface area contributed by atoms with Gasteiger partial charge in [0.2, 0.25) is 5.75 Å². The van der Waals surface area contributed by atoms with Crippen LogP contribution in [0.25, 0.3) is 0 Å². The average molecular weight is 627 g/mol. The maximum atomic E-state index is 13.4. The van der Waals surface area contributed by atoms with Gasteiger partial charge in [-0.15, -0.1) is 0 Å². The number of hydrogen-bond acceptors (Lipinski definition) is 11. The Morgan fingerprint density at radius 2 is 1.61 bits per heavy atom. The van der Waals surface area contributed by atoms with Crippen LogP contribution in [0.15, 0.2) is 54.6 Å². The molecule has 0 spiro atoms. The van der Waals surface area contributed by atoms with Gasteiger partial charge in [-0.05, 0) is 23.3 Å². The molecule has 3 aliphatic heterocycles. The van der Waals surface area contributed by atoms with Gasteiger partial charge in [0.05, 0.1) is 25.3 Å². The Labute approximate surface area is 259 Å². The monoisotopic (exact) mass is 626 g/mol. The normalized spacial score (nSPS) is 26.4. The van der Waals surface area contributed by atoms with E-state index in [1.54, 1.807) is 0 Å². The Morgan fingerprint density at radius 3 is 2.25 bits per heavy atom. The van der Waals surface area contributed by atoms with Gasteiger partial charge in [-0.1, -0.05) is 54.1 Å². The lowest BCUT2D eigenvalue weighted by Crippen LogP contribution is -2.58. The lowest BCUT2D eigenvalue weighted by Gasteiger charge is -2.45. The van der Waals surface area contributed by atoms with Crippen molar-refractivity contribution in [3.05, 3.63) is 87.4 Å². The lowest BCUT2D eigenvalue weighted by molar-refractivity contribution is -0.235. The third-order valence-corrected chi connectivity index (χ3v) is 9.05. The number of phenolic OH excluding ortho intramolecular Hbond substituents is 2. The number of rotatable bonds is 7. The van der Waals surface area contributed by atoms with Gasteiger partial charge in [-0.3, -0.25) is 9.80 Å². The number of halogens is 1. The van der Waals surface area contributed by atoms with Crippen molar-refractivity contribution in [3.63, 3.8) is 0 Å². The summed E-state index contributed by atoms with van der Waals surface area (Å²) in [6.45, 7) is 2.09. The fourth-order valence-corrected chi connectivity index (χ4v) is 6.69. The predicted molar refractivity (Wildman–Crippen MR) is 159 cm³/mol. The quantitative estimate of drug-likeness (QED) is 0.246. The van der Waals surface area contributed by atoms with Gasteiger partial charge >= 0.3 is 5.97 Å². The molecule has 5 N–H and O–H groups in total. The Morgan fingerprint density at radius 1 is 0.955 bits per heavy atom. The molecule has 0 aliphatic carbocycles. The predicted octanol–water partition coefficient (Wildman–Crippen LogP) is 2.36. The minimum atomic E-state index is -1.57. The summed E-state index contributed by atoms with van der Waals surface area (Å²) in [5.41, 5.74) is 2.34. The van der Waals surface area contributed by atoms with Crippen molar-refractivity contribution >= 4 is 17.6 Å². The smallest absolute Gasteiger partial charge is 0.339 e. The zero-order chi connectivity index (χ0) is 31.1. The van der Waals surface area contributed by atoms with Gasteiger partial charge in [-0.25, -0.2) is 4.79 Å². The number of aliphatic hydroxyl groups is 3. The van der Waals surface area contributed by atoms with Gasteiger partial charge in [0.15, 0.2) is 17.6 Å². The highest BCUT2D eigenvalue weighted by molar-refractivity contribution is 6.30. The number of piperazine rings is 1. The molecule has 2 fully saturated rings. The second-order valence-corrected chi connectivity index (χ2v) is 11.7. The van der Waals surface area contributed by atoms with E-state index in [0.29, 0.717) is 31.2 Å². The molecule has 0 aromatic heterocycles. The number of methoxy groups -OCH3 is 1. The molecule has 0 bridgehead atoms. The Bertz CT molecular complexity index is 1500. The fourth-order valence-electron chi connectivity index (χ4n) is 6.56. The highest BCUT2D eigenvalue weighted by Gasteiger charge is 2.53.